The van der Waals surface area contributed by atoms with E-state index < -0.39 is 57.9 Å². The molecule has 0 aromatic heterocycles. The molecule has 0 spiro atoms. The predicted molar refractivity (Wildman–Crippen MR) is 179 cm³/mol. The number of piperazine rings is 1. The van der Waals surface area contributed by atoms with Gasteiger partial charge in [0.15, 0.2) is 23.0 Å². The van der Waals surface area contributed by atoms with Crippen LogP contribution in [0.15, 0.2) is 6.07 Å². The maximum atomic E-state index is 13.6. The number of amides is 1. The number of esters is 1. The Hall–Kier alpha value is -3.19. The number of halogens is 3. The molecule has 1 amide bonds. The number of phenols is 2. The van der Waals surface area contributed by atoms with Gasteiger partial charge in [-0.25, -0.2) is 9.59 Å². The van der Waals surface area contributed by atoms with Crippen LogP contribution in [0.4, 0.5) is 4.79 Å². The van der Waals surface area contributed by atoms with Gasteiger partial charge in [-0.3, -0.25) is 9.80 Å². The topological polar surface area (TPSA) is 163 Å². The summed E-state index contributed by atoms with van der Waals surface area (Å²) in [6.45, 7) is 2.72. The van der Waals surface area contributed by atoms with Gasteiger partial charge in [-0.05, 0) is 38.4 Å². The first-order valence-electron chi connectivity index (χ1n) is 15.5. The summed E-state index contributed by atoms with van der Waals surface area (Å²) in [6, 6.07) is 0.514. The van der Waals surface area contributed by atoms with E-state index in [4.69, 9.17) is 58.5 Å². The highest BCUT2D eigenvalue weighted by molar-refractivity contribution is 7.99. The smallest absolute Gasteiger partial charge is 0.408 e. The predicted octanol–water partition coefficient (Wildman–Crippen LogP) is 4.48. The van der Waals surface area contributed by atoms with E-state index in [1.165, 1.54) is 18.9 Å². The lowest BCUT2D eigenvalue weighted by Crippen LogP contribution is -2.69. The van der Waals surface area contributed by atoms with Crippen molar-refractivity contribution < 1.29 is 43.5 Å². The summed E-state index contributed by atoms with van der Waals surface area (Å²) in [5.74, 6) is 0.388. The number of alkyl carbamates (subject to hydrolysis) is 1. The molecule has 5 aliphatic rings. The number of carbonyl (C=O) groups excluding carboxylic acids is 2. The number of fused-ring (bicyclic) bond motifs is 9. The number of ether oxygens (including phenoxy) is 5. The van der Waals surface area contributed by atoms with Crippen LogP contribution in [0.1, 0.15) is 50.7 Å². The monoisotopic (exact) mass is 754 g/mol. The molecule has 3 N–H and O–H groups in total. The van der Waals surface area contributed by atoms with E-state index in [2.05, 4.69) is 21.2 Å². The zero-order chi connectivity index (χ0) is 35.1. The Morgan fingerprint density at radius 2 is 1.90 bits per heavy atom. The number of carbonyl (C=O) groups is 2. The van der Waals surface area contributed by atoms with Gasteiger partial charge >= 0.3 is 12.1 Å². The number of alkyl halides is 3. The molecule has 2 fully saturated rings. The number of thioether (sulfide) groups is 1. The molecule has 7 atom stereocenters. The van der Waals surface area contributed by atoms with E-state index in [0.717, 1.165) is 11.1 Å². The third-order valence-electron chi connectivity index (χ3n) is 10.1. The zero-order valence-electron chi connectivity index (χ0n) is 26.8. The number of nitrogens with zero attached hydrogens (tertiary/aromatic N) is 3. The minimum atomic E-state index is -1.86. The molecule has 49 heavy (non-hydrogen) atoms. The van der Waals surface area contributed by atoms with Gasteiger partial charge in [-0.2, -0.15) is 5.26 Å². The second-order valence-electron chi connectivity index (χ2n) is 12.7. The molecule has 2 saturated heterocycles. The van der Waals surface area contributed by atoms with Crippen molar-refractivity contribution in [3.05, 3.63) is 39.4 Å². The third kappa shape index (κ3) is 5.45. The van der Waals surface area contributed by atoms with Crippen LogP contribution < -0.4 is 19.5 Å². The second kappa shape index (κ2) is 12.5. The summed E-state index contributed by atoms with van der Waals surface area (Å²) in [5.41, 5.74) is 3.92. The first kappa shape index (κ1) is 34.3. The Balaban J connectivity index is 1.41. The molecule has 1 unspecified atom stereocenters. The number of nitriles is 1. The van der Waals surface area contributed by atoms with Crippen LogP contribution in [-0.2, 0) is 20.7 Å². The van der Waals surface area contributed by atoms with Crippen LogP contribution in [0.2, 0.25) is 0 Å². The lowest BCUT2D eigenvalue weighted by atomic mass is 9.71. The molecule has 13 nitrogen and oxygen atoms in total. The van der Waals surface area contributed by atoms with E-state index in [-0.39, 0.29) is 36.7 Å². The van der Waals surface area contributed by atoms with Crippen LogP contribution in [0.3, 0.4) is 0 Å². The standard InChI is InChI=1S/C32H33Cl3N4O9S/c1-12-5-14-6-16-17(7-36)39-18-8-45-30(42)15(37-31(43)46-10-32(33,34)35)9-49-29(21-20(18)28-27(47-11-48-28)13(2)24(21)40)23(39)22(38(16)3)19(14)25(41)26(12)44-4/h5,15-18,22-23,29,40-41H,6,8-11H2,1-4H3,(H,37,43)/t15-,16-,17-,18-,22+,23?,29+/m0/s1. The number of likely N-dealkylation sites (N-methyl/N-ethyl adjacent to an activating group) is 1. The Kier molecular flexibility index (Phi) is 8.77. The van der Waals surface area contributed by atoms with Crippen LogP contribution in [-0.4, -0.2) is 100.0 Å². The van der Waals surface area contributed by atoms with Crippen LogP contribution in [0.25, 0.3) is 0 Å². The summed E-state index contributed by atoms with van der Waals surface area (Å²) in [6.07, 6.45) is -0.517. The van der Waals surface area contributed by atoms with Gasteiger partial charge in [-0.15, -0.1) is 11.8 Å². The van der Waals surface area contributed by atoms with E-state index >= 15 is 0 Å². The molecular weight excluding hydrogens is 723 g/mol. The molecule has 0 saturated carbocycles. The number of hydrogen-bond acceptors (Lipinski definition) is 13. The van der Waals surface area contributed by atoms with E-state index in [9.17, 15) is 25.1 Å². The molecule has 0 aliphatic carbocycles. The molecule has 17 heteroatoms. The largest absolute Gasteiger partial charge is 0.507 e. The number of cyclic esters (lactones) is 1. The lowest BCUT2D eigenvalue weighted by molar-refractivity contribution is -0.151. The highest BCUT2D eigenvalue weighted by Crippen LogP contribution is 2.63. The number of nitrogens with one attached hydrogen (secondary N) is 1. The molecule has 2 aromatic rings. The van der Waals surface area contributed by atoms with Crippen molar-refractivity contribution in [3.8, 4) is 34.8 Å². The number of phenolic OH excluding ortho intramolecular Hbond substituents is 2. The Bertz CT molecular complexity index is 1790. The number of methoxy groups -OCH3 is 1. The van der Waals surface area contributed by atoms with Gasteiger partial charge < -0.3 is 39.2 Å². The summed E-state index contributed by atoms with van der Waals surface area (Å²) in [4.78, 5) is 30.4. The number of benzene rings is 2. The molecule has 2 aromatic carbocycles. The number of hydrogen-bond donors (Lipinski definition) is 3. The highest BCUT2D eigenvalue weighted by Gasteiger charge is 2.60. The van der Waals surface area contributed by atoms with Crippen LogP contribution >= 0.6 is 46.6 Å². The van der Waals surface area contributed by atoms with Gasteiger partial charge in [0, 0.05) is 40.1 Å². The minimum Gasteiger partial charge on any atom is -0.507 e. The fourth-order valence-electron chi connectivity index (χ4n) is 8.14. The summed E-state index contributed by atoms with van der Waals surface area (Å²) >= 11 is 18.5. The average Bonchev–Trinajstić information content (AvgIpc) is 3.54. The zero-order valence-corrected chi connectivity index (χ0v) is 29.9. The Labute approximate surface area is 301 Å². The van der Waals surface area contributed by atoms with E-state index in [1.54, 1.807) is 6.92 Å². The summed E-state index contributed by atoms with van der Waals surface area (Å²) < 4.78 is 26.5. The lowest BCUT2D eigenvalue weighted by Gasteiger charge is -2.61. The Morgan fingerprint density at radius 1 is 1.16 bits per heavy atom. The quantitative estimate of drug-likeness (QED) is 0.297. The summed E-state index contributed by atoms with van der Waals surface area (Å²) in [5, 5.41) is 36.5. The molecule has 4 bridgehead atoms. The average molecular weight is 756 g/mol. The van der Waals surface area contributed by atoms with Crippen molar-refractivity contribution in [3.63, 3.8) is 0 Å². The highest BCUT2D eigenvalue weighted by atomic mass is 35.6. The van der Waals surface area contributed by atoms with Gasteiger partial charge in [0.05, 0.1) is 30.5 Å². The van der Waals surface area contributed by atoms with Crippen LogP contribution in [0, 0.1) is 25.2 Å². The van der Waals surface area contributed by atoms with Crippen LogP contribution in [0.5, 0.6) is 28.7 Å². The van der Waals surface area contributed by atoms with Crippen molar-refractivity contribution in [2.45, 2.75) is 65.6 Å². The molecular formula is C32H33Cl3N4O9S. The fourth-order valence-corrected chi connectivity index (χ4v) is 9.81. The fraction of sp³-hybridized carbons (Fsp3) is 0.531. The summed E-state index contributed by atoms with van der Waals surface area (Å²) in [7, 11) is 3.43. The van der Waals surface area contributed by atoms with Crippen molar-refractivity contribution in [2.75, 3.05) is 39.9 Å². The number of aryl methyl sites for hydroxylation is 1. The first-order valence-corrected chi connectivity index (χ1v) is 17.7. The van der Waals surface area contributed by atoms with Gasteiger partial charge in [-0.1, -0.05) is 40.9 Å². The Morgan fingerprint density at radius 3 is 2.59 bits per heavy atom. The first-order chi connectivity index (χ1) is 23.3. The molecule has 0 radical (unpaired) electrons. The van der Waals surface area contributed by atoms with Crippen molar-refractivity contribution in [1.29, 1.82) is 5.26 Å². The third-order valence-corrected chi connectivity index (χ3v) is 11.8. The van der Waals surface area contributed by atoms with Crippen molar-refractivity contribution in [2.24, 2.45) is 0 Å². The molecule has 7 rings (SSSR count). The van der Waals surface area contributed by atoms with E-state index in [1.807, 2.05) is 20.0 Å². The van der Waals surface area contributed by atoms with Crippen molar-refractivity contribution in [1.82, 2.24) is 15.1 Å². The second-order valence-corrected chi connectivity index (χ2v) is 16.4. The van der Waals surface area contributed by atoms with Crippen molar-refractivity contribution >= 4 is 58.6 Å². The minimum absolute atomic E-state index is 0.00936. The van der Waals surface area contributed by atoms with Gasteiger partial charge in [0.1, 0.15) is 31.0 Å². The normalized spacial score (nSPS) is 28.8. The maximum absolute atomic E-state index is 13.6. The van der Waals surface area contributed by atoms with E-state index in [0.29, 0.717) is 45.9 Å². The number of rotatable bonds is 3. The maximum Gasteiger partial charge on any atom is 0.408 e. The molecule has 5 heterocycles. The van der Waals surface area contributed by atoms with Gasteiger partial charge in [0.25, 0.3) is 0 Å². The SMILES string of the molecule is COc1c(C)cc2c(c1O)[C@@H]1C3[C@@H]4SC[C@H](NC(=O)OCC(Cl)(Cl)Cl)C(=O)OC[C@@H](c5c6c(c(C)c(O)c54)OCO6)N3[C@@H](C#N)[C@H](C2)N1C. The number of aromatic hydroxyl groups is 2. The molecule has 262 valence electrons. The molecule has 5 aliphatic heterocycles. The van der Waals surface area contributed by atoms with Gasteiger partial charge in [0.2, 0.25) is 10.6 Å².